The fraction of sp³-hybridized carbons (Fsp3) is 0.333. The zero-order chi connectivity index (χ0) is 27.5. The van der Waals surface area contributed by atoms with Crippen molar-refractivity contribution in [3.63, 3.8) is 0 Å². The van der Waals surface area contributed by atoms with Crippen molar-refractivity contribution in [3.05, 3.63) is 59.9 Å². The predicted molar refractivity (Wildman–Crippen MR) is 154 cm³/mol. The Kier molecular flexibility index (Phi) is 8.69. The summed E-state index contributed by atoms with van der Waals surface area (Å²) < 4.78 is 23.4. The summed E-state index contributed by atoms with van der Waals surface area (Å²) in [4.78, 5) is 22.0. The van der Waals surface area contributed by atoms with E-state index < -0.39 is 0 Å². The first-order chi connectivity index (χ1) is 19.6. The number of hydrogen-bond acceptors (Lipinski definition) is 9. The maximum atomic E-state index is 12.9. The van der Waals surface area contributed by atoms with Crippen LogP contribution in [0.2, 0.25) is 0 Å². The van der Waals surface area contributed by atoms with Gasteiger partial charge >= 0.3 is 0 Å². The van der Waals surface area contributed by atoms with E-state index >= 15 is 0 Å². The highest BCUT2D eigenvalue weighted by molar-refractivity contribution is 5.95. The molecule has 212 valence electrons. The summed E-state index contributed by atoms with van der Waals surface area (Å²) in [6.45, 7) is 2.74. The second-order valence-electron chi connectivity index (χ2n) is 9.78. The number of rotatable bonds is 6. The first kappa shape index (κ1) is 28.4. The van der Waals surface area contributed by atoms with Crippen LogP contribution < -0.4 is 14.9 Å². The third-order valence-corrected chi connectivity index (χ3v) is 7.19. The number of nitrogens with zero attached hydrogens (tertiary/aromatic N) is 4. The lowest BCUT2D eigenvalue weighted by Crippen LogP contribution is -2.47. The number of fused-ring (bicyclic) bond motifs is 1. The molecular weight excluding hydrogens is 546 g/mol. The maximum absolute atomic E-state index is 12.9. The first-order valence-corrected chi connectivity index (χ1v) is 13.4. The fourth-order valence-corrected chi connectivity index (χ4v) is 5.06. The number of nitriles is 1. The fourth-order valence-electron chi connectivity index (χ4n) is 5.06. The van der Waals surface area contributed by atoms with Crippen LogP contribution in [0, 0.1) is 11.3 Å². The SMILES string of the molecule is COc1cc(C(=O)N2CCCCN2)cnc1-c1cc2nccc(-c3ccc(OC4CCOCC4)c(C#N)c3)c2o1.Cl. The number of halogens is 1. The Labute approximate surface area is 243 Å². The van der Waals surface area contributed by atoms with E-state index in [1.807, 2.05) is 18.2 Å². The Hall–Kier alpha value is -4.17. The van der Waals surface area contributed by atoms with Crippen LogP contribution >= 0.6 is 12.4 Å². The van der Waals surface area contributed by atoms with Crippen molar-refractivity contribution in [1.29, 1.82) is 5.26 Å². The van der Waals surface area contributed by atoms with Crippen LogP contribution in [0.5, 0.6) is 11.5 Å². The molecule has 0 spiro atoms. The molecule has 1 N–H and O–H groups in total. The summed E-state index contributed by atoms with van der Waals surface area (Å²) in [6.07, 6.45) is 6.87. The molecule has 1 aromatic carbocycles. The number of hydrazine groups is 1. The van der Waals surface area contributed by atoms with Crippen molar-refractivity contribution in [2.45, 2.75) is 31.8 Å². The molecule has 2 saturated heterocycles. The zero-order valence-corrected chi connectivity index (χ0v) is 23.4. The number of benzene rings is 1. The molecular formula is C30H30ClN5O5. The summed E-state index contributed by atoms with van der Waals surface area (Å²) >= 11 is 0. The molecule has 1 amide bonds. The molecule has 11 heteroatoms. The molecule has 3 aromatic heterocycles. The Balaban J connectivity index is 0.00000337. The largest absolute Gasteiger partial charge is 0.494 e. The molecule has 0 atom stereocenters. The van der Waals surface area contributed by atoms with Crippen molar-refractivity contribution in [3.8, 4) is 40.1 Å². The number of pyridine rings is 2. The summed E-state index contributed by atoms with van der Waals surface area (Å²) in [5, 5.41) is 11.5. The van der Waals surface area contributed by atoms with E-state index in [-0.39, 0.29) is 24.4 Å². The molecule has 0 radical (unpaired) electrons. The van der Waals surface area contributed by atoms with Gasteiger partial charge in [-0.1, -0.05) is 6.07 Å². The summed E-state index contributed by atoms with van der Waals surface area (Å²) in [5.74, 6) is 1.29. The molecule has 0 saturated carbocycles. The molecule has 10 nitrogen and oxygen atoms in total. The quantitative estimate of drug-likeness (QED) is 0.332. The van der Waals surface area contributed by atoms with Crippen LogP contribution in [0.25, 0.3) is 33.7 Å². The Morgan fingerprint density at radius 1 is 1.12 bits per heavy atom. The molecule has 5 heterocycles. The second kappa shape index (κ2) is 12.6. The molecule has 4 aromatic rings. The average Bonchev–Trinajstić information content (AvgIpc) is 3.46. The third-order valence-electron chi connectivity index (χ3n) is 7.19. The van der Waals surface area contributed by atoms with Crippen molar-refractivity contribution in [2.75, 3.05) is 33.4 Å². The Bertz CT molecular complexity index is 1590. The number of hydrogen-bond donors (Lipinski definition) is 1. The predicted octanol–water partition coefficient (Wildman–Crippen LogP) is 5.16. The summed E-state index contributed by atoms with van der Waals surface area (Å²) in [6, 6.07) is 13.1. The van der Waals surface area contributed by atoms with Gasteiger partial charge in [-0.05, 0) is 42.7 Å². The van der Waals surface area contributed by atoms with E-state index in [0.717, 1.165) is 43.4 Å². The van der Waals surface area contributed by atoms with E-state index in [4.69, 9.17) is 18.6 Å². The van der Waals surface area contributed by atoms with Crippen LogP contribution in [0.1, 0.15) is 41.6 Å². The monoisotopic (exact) mass is 575 g/mol. The Morgan fingerprint density at radius 3 is 2.73 bits per heavy atom. The minimum absolute atomic E-state index is 0. The van der Waals surface area contributed by atoms with Gasteiger partial charge < -0.3 is 18.6 Å². The third kappa shape index (κ3) is 5.84. The van der Waals surface area contributed by atoms with E-state index in [1.54, 1.807) is 29.4 Å². The first-order valence-electron chi connectivity index (χ1n) is 13.4. The van der Waals surface area contributed by atoms with E-state index in [9.17, 15) is 10.1 Å². The number of ether oxygens (including phenoxy) is 3. The lowest BCUT2D eigenvalue weighted by atomic mass is 10.0. The molecule has 0 aliphatic carbocycles. The van der Waals surface area contributed by atoms with Crippen molar-refractivity contribution in [2.24, 2.45) is 0 Å². The van der Waals surface area contributed by atoms with Gasteiger partial charge in [-0.15, -0.1) is 12.4 Å². The number of methoxy groups -OCH3 is 1. The molecule has 2 fully saturated rings. The second-order valence-corrected chi connectivity index (χ2v) is 9.78. The number of furan rings is 1. The minimum Gasteiger partial charge on any atom is -0.494 e. The highest BCUT2D eigenvalue weighted by Crippen LogP contribution is 2.37. The van der Waals surface area contributed by atoms with Gasteiger partial charge in [-0.2, -0.15) is 5.26 Å². The van der Waals surface area contributed by atoms with Gasteiger partial charge in [0.2, 0.25) is 0 Å². The molecule has 2 aliphatic heterocycles. The van der Waals surface area contributed by atoms with Crippen molar-refractivity contribution < 1.29 is 23.4 Å². The zero-order valence-electron chi connectivity index (χ0n) is 22.6. The molecule has 2 aliphatic rings. The van der Waals surface area contributed by atoms with Crippen molar-refractivity contribution >= 4 is 29.4 Å². The van der Waals surface area contributed by atoms with Crippen molar-refractivity contribution in [1.82, 2.24) is 20.4 Å². The van der Waals surface area contributed by atoms with Crippen LogP contribution in [0.15, 0.2) is 53.2 Å². The molecule has 6 rings (SSSR count). The number of nitrogens with one attached hydrogen (secondary N) is 1. The smallest absolute Gasteiger partial charge is 0.269 e. The highest BCUT2D eigenvalue weighted by atomic mass is 35.5. The molecule has 41 heavy (non-hydrogen) atoms. The van der Waals surface area contributed by atoms with Gasteiger partial charge in [0.15, 0.2) is 11.3 Å². The van der Waals surface area contributed by atoms with Gasteiger partial charge in [-0.3, -0.25) is 14.8 Å². The van der Waals surface area contributed by atoms with Gasteiger partial charge in [-0.25, -0.2) is 10.4 Å². The summed E-state index contributed by atoms with van der Waals surface area (Å²) in [5.41, 5.74) is 7.25. The van der Waals surface area contributed by atoms with E-state index in [2.05, 4.69) is 21.5 Å². The van der Waals surface area contributed by atoms with Crippen LogP contribution in [-0.2, 0) is 4.74 Å². The van der Waals surface area contributed by atoms with Crippen LogP contribution in [0.3, 0.4) is 0 Å². The number of aromatic nitrogens is 2. The van der Waals surface area contributed by atoms with Crippen LogP contribution in [-0.4, -0.2) is 60.4 Å². The molecule has 0 unspecified atom stereocenters. The van der Waals surface area contributed by atoms with Gasteiger partial charge in [0, 0.05) is 50.0 Å². The summed E-state index contributed by atoms with van der Waals surface area (Å²) in [7, 11) is 1.54. The number of carbonyl (C=O) groups excluding carboxylic acids is 1. The highest BCUT2D eigenvalue weighted by Gasteiger charge is 2.23. The minimum atomic E-state index is -0.150. The Morgan fingerprint density at radius 2 is 1.98 bits per heavy atom. The maximum Gasteiger partial charge on any atom is 0.269 e. The number of carbonyl (C=O) groups is 1. The lowest BCUT2D eigenvalue weighted by molar-refractivity contribution is 0.0254. The van der Waals surface area contributed by atoms with Gasteiger partial charge in [0.25, 0.3) is 5.91 Å². The molecule has 0 bridgehead atoms. The van der Waals surface area contributed by atoms with E-state index in [0.29, 0.717) is 64.9 Å². The number of amides is 1. The standard InChI is InChI=1S/C30H29N5O5.ClH/c1-37-26-15-21(30(36)35-11-3-2-9-34-35)18-33-28(26)27-16-24-29(40-27)23(6-10-32-24)19-4-5-25(20(14-19)17-31)39-22-7-12-38-13-8-22;/h4-6,10,14-16,18,22,34H,2-3,7-9,11-13H2,1H3;1H. The van der Waals surface area contributed by atoms with Gasteiger partial charge in [0.05, 0.1) is 31.5 Å². The lowest BCUT2D eigenvalue weighted by Gasteiger charge is -2.27. The van der Waals surface area contributed by atoms with Crippen LogP contribution in [0.4, 0.5) is 0 Å². The van der Waals surface area contributed by atoms with Gasteiger partial charge in [0.1, 0.15) is 34.9 Å². The average molecular weight is 576 g/mol. The van der Waals surface area contributed by atoms with E-state index in [1.165, 1.54) is 13.3 Å². The normalized spacial score (nSPS) is 15.7. The topological polar surface area (TPSA) is 123 Å².